The lowest BCUT2D eigenvalue weighted by Gasteiger charge is -2.22. The van der Waals surface area contributed by atoms with Gasteiger partial charge in [0.25, 0.3) is 0 Å². The van der Waals surface area contributed by atoms with E-state index in [1.165, 1.54) is 0 Å². The maximum atomic E-state index is 10.9. The topological polar surface area (TPSA) is 77.2 Å². The van der Waals surface area contributed by atoms with Crippen LogP contribution in [-0.2, 0) is 4.74 Å². The number of fused-ring (bicyclic) bond motifs is 1. The molecule has 0 aliphatic carbocycles. The smallest absolute Gasteiger partial charge is 0.335 e. The number of benzene rings is 1. The Kier molecular flexibility index (Phi) is 2.71. The van der Waals surface area contributed by atoms with Crippen LogP contribution in [0.1, 0.15) is 29.2 Å². The minimum absolute atomic E-state index is 0.194. The van der Waals surface area contributed by atoms with E-state index in [1.807, 2.05) is 4.68 Å². The zero-order valence-electron chi connectivity index (χ0n) is 9.74. The number of carboxylic acid groups (broad SMARTS) is 1. The highest BCUT2D eigenvalue weighted by atomic mass is 16.5. The maximum Gasteiger partial charge on any atom is 0.335 e. The van der Waals surface area contributed by atoms with Crippen LogP contribution in [0.4, 0.5) is 0 Å². The van der Waals surface area contributed by atoms with Crippen LogP contribution >= 0.6 is 0 Å². The van der Waals surface area contributed by atoms with Crippen LogP contribution in [0.25, 0.3) is 11.0 Å². The largest absolute Gasteiger partial charge is 0.478 e. The molecule has 6 heteroatoms. The van der Waals surface area contributed by atoms with Crippen molar-refractivity contribution >= 4 is 17.0 Å². The number of hydrogen-bond acceptors (Lipinski definition) is 4. The Bertz CT molecular complexity index is 587. The van der Waals surface area contributed by atoms with Crippen LogP contribution in [0.3, 0.4) is 0 Å². The Hall–Kier alpha value is -1.95. The second-order valence-corrected chi connectivity index (χ2v) is 4.41. The highest BCUT2D eigenvalue weighted by molar-refractivity contribution is 5.92. The summed E-state index contributed by atoms with van der Waals surface area (Å²) in [7, 11) is 0. The van der Waals surface area contributed by atoms with Crippen molar-refractivity contribution in [3.05, 3.63) is 23.8 Å². The van der Waals surface area contributed by atoms with Crippen LogP contribution in [0, 0.1) is 0 Å². The van der Waals surface area contributed by atoms with Crippen molar-refractivity contribution < 1.29 is 14.6 Å². The predicted molar refractivity (Wildman–Crippen MR) is 63.6 cm³/mol. The van der Waals surface area contributed by atoms with Crippen LogP contribution in [0.15, 0.2) is 18.2 Å². The number of carbonyl (C=O) groups is 1. The molecule has 6 nitrogen and oxygen atoms in total. The van der Waals surface area contributed by atoms with Gasteiger partial charge in [-0.05, 0) is 31.0 Å². The summed E-state index contributed by atoms with van der Waals surface area (Å²) in [6, 6.07) is 5.08. The summed E-state index contributed by atoms with van der Waals surface area (Å²) in [5, 5.41) is 17.1. The number of hydrogen-bond donors (Lipinski definition) is 1. The molecule has 0 amide bonds. The van der Waals surface area contributed by atoms with Gasteiger partial charge in [-0.2, -0.15) is 0 Å². The molecule has 1 aromatic heterocycles. The van der Waals surface area contributed by atoms with E-state index in [0.717, 1.165) is 25.0 Å². The number of nitrogens with zero attached hydrogens (tertiary/aromatic N) is 3. The van der Waals surface area contributed by atoms with E-state index < -0.39 is 5.97 Å². The molecule has 2 aromatic rings. The second kappa shape index (κ2) is 4.38. The van der Waals surface area contributed by atoms with Crippen molar-refractivity contribution in [2.45, 2.75) is 18.9 Å². The zero-order chi connectivity index (χ0) is 12.5. The van der Waals surface area contributed by atoms with Crippen LogP contribution in [0.2, 0.25) is 0 Å². The first kappa shape index (κ1) is 11.2. The molecule has 1 unspecified atom stereocenters. The average Bonchev–Trinajstić information content (AvgIpc) is 2.82. The molecule has 0 spiro atoms. The Morgan fingerprint density at radius 2 is 2.39 bits per heavy atom. The first-order valence-electron chi connectivity index (χ1n) is 5.92. The minimum atomic E-state index is -0.951. The van der Waals surface area contributed by atoms with Crippen molar-refractivity contribution in [1.82, 2.24) is 15.0 Å². The van der Waals surface area contributed by atoms with Crippen LogP contribution < -0.4 is 0 Å². The lowest BCUT2D eigenvalue weighted by Crippen LogP contribution is -2.22. The standard InChI is InChI=1S/C12H13N3O3/c16-12(17)8-3-4-11-10(6-8)13-14-15(11)9-2-1-5-18-7-9/h3-4,6,9H,1-2,5,7H2,(H,16,17). The third-order valence-corrected chi connectivity index (χ3v) is 3.20. The molecule has 1 aliphatic rings. The Morgan fingerprint density at radius 3 is 3.11 bits per heavy atom. The number of aromatic carboxylic acids is 1. The van der Waals surface area contributed by atoms with Gasteiger partial charge in [-0.25, -0.2) is 9.48 Å². The summed E-state index contributed by atoms with van der Waals surface area (Å²) >= 11 is 0. The molecule has 0 bridgehead atoms. The molecule has 1 aliphatic heterocycles. The minimum Gasteiger partial charge on any atom is -0.478 e. The van der Waals surface area contributed by atoms with Gasteiger partial charge < -0.3 is 9.84 Å². The molecule has 94 valence electrons. The molecule has 0 saturated carbocycles. The number of carboxylic acids is 1. The Morgan fingerprint density at radius 1 is 1.50 bits per heavy atom. The fourth-order valence-electron chi connectivity index (χ4n) is 2.26. The lowest BCUT2D eigenvalue weighted by atomic mass is 10.1. The quantitative estimate of drug-likeness (QED) is 0.869. The molecular formula is C12H13N3O3. The molecule has 2 heterocycles. The van der Waals surface area contributed by atoms with Gasteiger partial charge >= 0.3 is 5.97 Å². The number of aromatic nitrogens is 3. The third kappa shape index (κ3) is 1.84. The Labute approximate surface area is 103 Å². The van der Waals surface area contributed by atoms with Crippen molar-refractivity contribution in [3.8, 4) is 0 Å². The molecule has 1 N–H and O–H groups in total. The first-order valence-corrected chi connectivity index (χ1v) is 5.92. The van der Waals surface area contributed by atoms with Crippen LogP contribution in [0.5, 0.6) is 0 Å². The summed E-state index contributed by atoms with van der Waals surface area (Å²) in [4.78, 5) is 10.9. The molecule has 1 atom stereocenters. The SMILES string of the molecule is O=C(O)c1ccc2c(c1)nnn2C1CCCOC1. The second-order valence-electron chi connectivity index (χ2n) is 4.41. The van der Waals surface area contributed by atoms with Gasteiger partial charge in [0, 0.05) is 6.61 Å². The zero-order valence-corrected chi connectivity index (χ0v) is 9.74. The van der Waals surface area contributed by atoms with Crippen molar-refractivity contribution in [2.24, 2.45) is 0 Å². The summed E-state index contributed by atoms with van der Waals surface area (Å²) in [5.41, 5.74) is 1.70. The summed E-state index contributed by atoms with van der Waals surface area (Å²) in [5.74, 6) is -0.951. The first-order chi connectivity index (χ1) is 8.75. The lowest BCUT2D eigenvalue weighted by molar-refractivity contribution is 0.0558. The van der Waals surface area contributed by atoms with E-state index >= 15 is 0 Å². The van der Waals surface area contributed by atoms with Crippen molar-refractivity contribution in [3.63, 3.8) is 0 Å². The van der Waals surface area contributed by atoms with Gasteiger partial charge in [0.05, 0.1) is 23.7 Å². The summed E-state index contributed by atoms with van der Waals surface area (Å²) < 4.78 is 7.27. The van der Waals surface area contributed by atoms with Gasteiger partial charge in [0.15, 0.2) is 0 Å². The molecule has 1 fully saturated rings. The molecule has 1 aromatic carbocycles. The molecular weight excluding hydrogens is 234 g/mol. The van der Waals surface area contributed by atoms with Gasteiger partial charge in [-0.3, -0.25) is 0 Å². The monoisotopic (exact) mass is 247 g/mol. The van der Waals surface area contributed by atoms with Gasteiger partial charge in [-0.1, -0.05) is 5.21 Å². The third-order valence-electron chi connectivity index (χ3n) is 3.20. The number of ether oxygens (including phenoxy) is 1. The predicted octanol–water partition coefficient (Wildman–Crippen LogP) is 1.48. The number of rotatable bonds is 2. The van der Waals surface area contributed by atoms with Crippen LogP contribution in [-0.4, -0.2) is 39.3 Å². The maximum absolute atomic E-state index is 10.9. The van der Waals surface area contributed by atoms with E-state index in [4.69, 9.17) is 9.84 Å². The molecule has 1 saturated heterocycles. The molecule has 0 radical (unpaired) electrons. The van der Waals surface area contributed by atoms with Crippen molar-refractivity contribution in [1.29, 1.82) is 0 Å². The Balaban J connectivity index is 2.01. The summed E-state index contributed by atoms with van der Waals surface area (Å²) in [6.45, 7) is 1.44. The van der Waals surface area contributed by atoms with E-state index in [0.29, 0.717) is 12.1 Å². The van der Waals surface area contributed by atoms with E-state index in [1.54, 1.807) is 18.2 Å². The summed E-state index contributed by atoms with van der Waals surface area (Å²) in [6.07, 6.45) is 2.03. The normalized spacial score (nSPS) is 20.1. The fourth-order valence-corrected chi connectivity index (χ4v) is 2.26. The van der Waals surface area contributed by atoms with Gasteiger partial charge in [0.2, 0.25) is 0 Å². The van der Waals surface area contributed by atoms with E-state index in [9.17, 15) is 4.79 Å². The average molecular weight is 247 g/mol. The van der Waals surface area contributed by atoms with E-state index in [-0.39, 0.29) is 11.6 Å². The van der Waals surface area contributed by atoms with Gasteiger partial charge in [-0.15, -0.1) is 5.10 Å². The molecule has 18 heavy (non-hydrogen) atoms. The fraction of sp³-hybridized carbons (Fsp3) is 0.417. The highest BCUT2D eigenvalue weighted by Crippen LogP contribution is 2.23. The highest BCUT2D eigenvalue weighted by Gasteiger charge is 2.19. The molecule has 3 rings (SSSR count). The van der Waals surface area contributed by atoms with E-state index in [2.05, 4.69) is 10.3 Å². The van der Waals surface area contributed by atoms with Crippen molar-refractivity contribution in [2.75, 3.05) is 13.2 Å². The van der Waals surface area contributed by atoms with Gasteiger partial charge in [0.1, 0.15) is 5.52 Å².